The van der Waals surface area contributed by atoms with Crippen molar-refractivity contribution in [1.82, 2.24) is 0 Å². The molecule has 0 saturated heterocycles. The van der Waals surface area contributed by atoms with E-state index in [9.17, 15) is 4.39 Å². The van der Waals surface area contributed by atoms with Crippen molar-refractivity contribution < 1.29 is 9.50 Å². The maximum Gasteiger partial charge on any atom is 0.146 e. The normalized spacial score (nSPS) is 12.7. The van der Waals surface area contributed by atoms with Gasteiger partial charge in [0.05, 0.1) is 5.02 Å². The molecule has 0 aliphatic rings. The molecular weight excluding hydrogens is 265 g/mol. The first-order valence-corrected chi connectivity index (χ1v) is 7.00. The van der Waals surface area contributed by atoms with Crippen LogP contribution in [0.25, 0.3) is 0 Å². The minimum atomic E-state index is -0.492. The van der Waals surface area contributed by atoms with Crippen LogP contribution in [0.1, 0.15) is 51.3 Å². The van der Waals surface area contributed by atoms with Crippen LogP contribution in [-0.4, -0.2) is 11.7 Å². The smallest absolute Gasteiger partial charge is 0.146 e. The molecule has 1 rings (SSSR count). The van der Waals surface area contributed by atoms with Crippen molar-refractivity contribution in [3.05, 3.63) is 34.1 Å². The molecule has 0 amide bonds. The van der Waals surface area contributed by atoms with Crippen LogP contribution in [0.4, 0.5) is 4.39 Å². The summed E-state index contributed by atoms with van der Waals surface area (Å²) in [4.78, 5) is 0. The minimum Gasteiger partial charge on any atom is -0.396 e. The molecule has 2 nitrogen and oxygen atoms in total. The summed E-state index contributed by atoms with van der Waals surface area (Å²) in [5.74, 6) is -0.454. The van der Waals surface area contributed by atoms with E-state index in [4.69, 9.17) is 22.4 Å². The Kier molecular flexibility index (Phi) is 7.57. The molecule has 0 bridgehead atoms. The number of hydrogen-bond donors (Lipinski definition) is 2. The Morgan fingerprint density at radius 1 is 1.37 bits per heavy atom. The molecular formula is C15H25ClFNO. The average molecular weight is 290 g/mol. The zero-order valence-electron chi connectivity index (χ0n) is 12.4. The highest BCUT2D eigenvalue weighted by Gasteiger charge is 2.30. The van der Waals surface area contributed by atoms with Crippen molar-refractivity contribution in [1.29, 1.82) is 0 Å². The van der Waals surface area contributed by atoms with Crippen LogP contribution < -0.4 is 5.73 Å². The molecule has 0 radical (unpaired) electrons. The fourth-order valence-corrected chi connectivity index (χ4v) is 2.04. The highest BCUT2D eigenvalue weighted by Crippen LogP contribution is 2.38. The number of aliphatic hydroxyl groups excluding tert-OH is 1. The van der Waals surface area contributed by atoms with Gasteiger partial charge in [0.2, 0.25) is 0 Å². The topological polar surface area (TPSA) is 46.2 Å². The second kappa shape index (κ2) is 7.83. The summed E-state index contributed by atoms with van der Waals surface area (Å²) in [5.41, 5.74) is 6.96. The van der Waals surface area contributed by atoms with Crippen LogP contribution in [-0.2, 0) is 0 Å². The van der Waals surface area contributed by atoms with E-state index in [0.29, 0.717) is 12.0 Å². The Hall–Kier alpha value is -0.640. The lowest BCUT2D eigenvalue weighted by atomic mass is 9.77. The molecule has 1 aromatic rings. The summed E-state index contributed by atoms with van der Waals surface area (Å²) in [6, 6.07) is 2.80. The summed E-state index contributed by atoms with van der Waals surface area (Å²) in [6.45, 7) is 9.66. The number of rotatable bonds is 4. The van der Waals surface area contributed by atoms with Crippen molar-refractivity contribution in [3.63, 3.8) is 0 Å². The standard InChI is InChI=1S/C13H19ClFNO.C2H6/c1-8-4-5-9(14)11(15)10(8)12(16)13(2,3)6-7-17;1-2/h4-5,12,17H,6-7,16H2,1-3H3;1-2H3. The number of aliphatic hydroxyl groups is 1. The maximum absolute atomic E-state index is 14.0. The van der Waals surface area contributed by atoms with Crippen LogP contribution in [0.2, 0.25) is 5.02 Å². The van der Waals surface area contributed by atoms with Crippen LogP contribution >= 0.6 is 11.6 Å². The number of hydrogen-bond acceptors (Lipinski definition) is 2. The van der Waals surface area contributed by atoms with Gasteiger partial charge in [-0.3, -0.25) is 0 Å². The zero-order chi connectivity index (χ0) is 15.2. The summed E-state index contributed by atoms with van der Waals surface area (Å²) < 4.78 is 14.0. The summed E-state index contributed by atoms with van der Waals surface area (Å²) >= 11 is 5.78. The fourth-order valence-electron chi connectivity index (χ4n) is 1.88. The van der Waals surface area contributed by atoms with Gasteiger partial charge in [-0.05, 0) is 30.4 Å². The quantitative estimate of drug-likeness (QED) is 0.871. The van der Waals surface area contributed by atoms with E-state index in [1.165, 1.54) is 6.07 Å². The van der Waals surface area contributed by atoms with Gasteiger partial charge in [-0.25, -0.2) is 4.39 Å². The molecule has 110 valence electrons. The Labute approximate surface area is 120 Å². The Morgan fingerprint density at radius 2 is 1.89 bits per heavy atom. The molecule has 1 aromatic carbocycles. The van der Waals surface area contributed by atoms with Gasteiger partial charge in [0.1, 0.15) is 5.82 Å². The lowest BCUT2D eigenvalue weighted by Crippen LogP contribution is -2.31. The Balaban J connectivity index is 0.00000154. The molecule has 19 heavy (non-hydrogen) atoms. The molecule has 0 spiro atoms. The van der Waals surface area contributed by atoms with E-state index in [0.717, 1.165) is 5.56 Å². The predicted molar refractivity (Wildman–Crippen MR) is 79.9 cm³/mol. The third-order valence-corrected chi connectivity index (χ3v) is 3.55. The molecule has 0 aliphatic carbocycles. The van der Waals surface area contributed by atoms with Gasteiger partial charge < -0.3 is 10.8 Å². The molecule has 3 N–H and O–H groups in total. The van der Waals surface area contributed by atoms with E-state index < -0.39 is 11.9 Å². The molecule has 0 heterocycles. The SMILES string of the molecule is CC.Cc1ccc(Cl)c(F)c1C(N)C(C)(C)CCO. The van der Waals surface area contributed by atoms with Gasteiger partial charge in [0.15, 0.2) is 0 Å². The number of benzene rings is 1. The van der Waals surface area contributed by atoms with Crippen molar-refractivity contribution in [2.45, 2.75) is 47.1 Å². The van der Waals surface area contributed by atoms with Gasteiger partial charge >= 0.3 is 0 Å². The van der Waals surface area contributed by atoms with E-state index in [-0.39, 0.29) is 17.0 Å². The van der Waals surface area contributed by atoms with Crippen LogP contribution in [0.3, 0.4) is 0 Å². The van der Waals surface area contributed by atoms with Gasteiger partial charge in [-0.15, -0.1) is 0 Å². The Bertz CT molecular complexity index is 407. The van der Waals surface area contributed by atoms with Crippen molar-refractivity contribution in [2.24, 2.45) is 11.1 Å². The maximum atomic E-state index is 14.0. The minimum absolute atomic E-state index is 0.0297. The molecule has 4 heteroatoms. The van der Waals surface area contributed by atoms with E-state index in [1.807, 2.05) is 34.6 Å². The highest BCUT2D eigenvalue weighted by atomic mass is 35.5. The Morgan fingerprint density at radius 3 is 2.37 bits per heavy atom. The van der Waals surface area contributed by atoms with E-state index in [1.54, 1.807) is 6.07 Å². The molecule has 0 fully saturated rings. The van der Waals surface area contributed by atoms with Crippen LogP contribution in [0.5, 0.6) is 0 Å². The van der Waals surface area contributed by atoms with Gasteiger partial charge in [0.25, 0.3) is 0 Å². The van der Waals surface area contributed by atoms with Gasteiger partial charge in [0, 0.05) is 18.2 Å². The van der Waals surface area contributed by atoms with E-state index >= 15 is 0 Å². The first kappa shape index (κ1) is 18.4. The summed E-state index contributed by atoms with van der Waals surface area (Å²) in [6.07, 6.45) is 0.513. The van der Waals surface area contributed by atoms with Gasteiger partial charge in [-0.2, -0.15) is 0 Å². The third kappa shape index (κ3) is 4.44. The zero-order valence-corrected chi connectivity index (χ0v) is 13.2. The van der Waals surface area contributed by atoms with Crippen molar-refractivity contribution in [2.75, 3.05) is 6.61 Å². The monoisotopic (exact) mass is 289 g/mol. The number of halogens is 2. The van der Waals surface area contributed by atoms with Crippen LogP contribution in [0, 0.1) is 18.2 Å². The lowest BCUT2D eigenvalue weighted by molar-refractivity contribution is 0.182. The van der Waals surface area contributed by atoms with Crippen LogP contribution in [0.15, 0.2) is 12.1 Å². The molecule has 0 aromatic heterocycles. The number of aryl methyl sites for hydroxylation is 1. The van der Waals surface area contributed by atoms with Crippen molar-refractivity contribution >= 4 is 11.6 Å². The highest BCUT2D eigenvalue weighted by molar-refractivity contribution is 6.30. The largest absolute Gasteiger partial charge is 0.396 e. The first-order chi connectivity index (χ1) is 8.81. The second-order valence-corrected chi connectivity index (χ2v) is 5.44. The fraction of sp³-hybridized carbons (Fsp3) is 0.600. The third-order valence-electron chi connectivity index (χ3n) is 3.26. The first-order valence-electron chi connectivity index (χ1n) is 6.62. The predicted octanol–water partition coefficient (Wildman–Crippen LogP) is 4.22. The summed E-state index contributed by atoms with van der Waals surface area (Å²) in [5, 5.41) is 9.10. The summed E-state index contributed by atoms with van der Waals surface area (Å²) in [7, 11) is 0. The lowest BCUT2D eigenvalue weighted by Gasteiger charge is -2.32. The molecule has 0 saturated carbocycles. The van der Waals surface area contributed by atoms with Gasteiger partial charge in [-0.1, -0.05) is 45.4 Å². The molecule has 1 atom stereocenters. The molecule has 1 unspecified atom stereocenters. The van der Waals surface area contributed by atoms with Crippen molar-refractivity contribution in [3.8, 4) is 0 Å². The number of nitrogens with two attached hydrogens (primary N) is 1. The average Bonchev–Trinajstić information content (AvgIpc) is 2.36. The second-order valence-electron chi connectivity index (χ2n) is 5.03. The molecule has 0 aliphatic heterocycles. The van der Waals surface area contributed by atoms with E-state index in [2.05, 4.69) is 0 Å².